The third-order valence-corrected chi connectivity index (χ3v) is 6.57. The molecule has 1 saturated heterocycles. The Labute approximate surface area is 128 Å². The third-order valence-electron chi connectivity index (χ3n) is 2.99. The number of alkyl halides is 1. The van der Waals surface area contributed by atoms with E-state index in [4.69, 9.17) is 23.2 Å². The Kier molecular flexibility index (Phi) is 5.43. The maximum absolute atomic E-state index is 12.5. The molecule has 0 N–H and O–H groups in total. The highest BCUT2D eigenvalue weighted by Crippen LogP contribution is 2.25. The SMILES string of the molecule is O=S(=O)(c1ccc(CCl)c(Cl)c1)N1CCCSCC1. The first kappa shape index (κ1) is 15.4. The molecule has 1 aliphatic heterocycles. The summed E-state index contributed by atoms with van der Waals surface area (Å²) in [5.74, 6) is 2.13. The summed E-state index contributed by atoms with van der Waals surface area (Å²) in [5, 5.41) is 0.403. The number of nitrogens with zero attached hydrogens (tertiary/aromatic N) is 1. The Morgan fingerprint density at radius 3 is 2.74 bits per heavy atom. The van der Waals surface area contributed by atoms with Crippen LogP contribution in [0.5, 0.6) is 0 Å². The fraction of sp³-hybridized carbons (Fsp3) is 0.500. The summed E-state index contributed by atoms with van der Waals surface area (Å²) < 4.78 is 26.6. The van der Waals surface area contributed by atoms with Crippen molar-refractivity contribution in [2.75, 3.05) is 24.6 Å². The lowest BCUT2D eigenvalue weighted by Gasteiger charge is -2.20. The Morgan fingerprint density at radius 1 is 1.26 bits per heavy atom. The Morgan fingerprint density at radius 2 is 2.05 bits per heavy atom. The van der Waals surface area contributed by atoms with Gasteiger partial charge in [0.05, 0.1) is 4.90 Å². The first-order valence-corrected chi connectivity index (χ1v) is 9.48. The van der Waals surface area contributed by atoms with Gasteiger partial charge in [-0.25, -0.2) is 8.42 Å². The molecular weight excluding hydrogens is 325 g/mol. The van der Waals surface area contributed by atoms with Crippen molar-refractivity contribution < 1.29 is 8.42 Å². The van der Waals surface area contributed by atoms with E-state index >= 15 is 0 Å². The molecule has 19 heavy (non-hydrogen) atoms. The van der Waals surface area contributed by atoms with E-state index in [2.05, 4.69) is 0 Å². The molecule has 0 spiro atoms. The van der Waals surface area contributed by atoms with Crippen molar-refractivity contribution in [2.45, 2.75) is 17.2 Å². The minimum absolute atomic E-state index is 0.248. The minimum Gasteiger partial charge on any atom is -0.207 e. The fourth-order valence-electron chi connectivity index (χ4n) is 1.91. The van der Waals surface area contributed by atoms with Crippen molar-refractivity contribution in [2.24, 2.45) is 0 Å². The summed E-state index contributed by atoms with van der Waals surface area (Å²) in [5.41, 5.74) is 0.744. The first-order valence-electron chi connectivity index (χ1n) is 5.98. The molecule has 1 aliphatic rings. The molecule has 1 fully saturated rings. The average molecular weight is 340 g/mol. The van der Waals surface area contributed by atoms with Crippen LogP contribution in [0.15, 0.2) is 23.1 Å². The van der Waals surface area contributed by atoms with Crippen LogP contribution in [0.25, 0.3) is 0 Å². The molecule has 106 valence electrons. The molecule has 0 unspecified atom stereocenters. The van der Waals surface area contributed by atoms with Gasteiger partial charge < -0.3 is 0 Å². The number of hydrogen-bond donors (Lipinski definition) is 0. The normalized spacial score (nSPS) is 18.2. The van der Waals surface area contributed by atoms with Gasteiger partial charge in [-0.3, -0.25) is 0 Å². The number of benzene rings is 1. The molecule has 3 nitrogen and oxygen atoms in total. The predicted octanol–water partition coefficient (Wildman–Crippen LogP) is 3.21. The zero-order chi connectivity index (χ0) is 13.9. The molecule has 0 radical (unpaired) electrons. The Bertz CT molecular complexity index is 541. The molecule has 1 aromatic rings. The van der Waals surface area contributed by atoms with Gasteiger partial charge in [-0.05, 0) is 29.9 Å². The summed E-state index contributed by atoms with van der Waals surface area (Å²) >= 11 is 13.5. The summed E-state index contributed by atoms with van der Waals surface area (Å²) in [7, 11) is -3.44. The summed E-state index contributed by atoms with van der Waals surface area (Å²) in [6.45, 7) is 1.13. The van der Waals surface area contributed by atoms with Gasteiger partial charge >= 0.3 is 0 Å². The van der Waals surface area contributed by atoms with Crippen LogP contribution in [0.1, 0.15) is 12.0 Å². The van der Waals surface area contributed by atoms with Gasteiger partial charge in [-0.1, -0.05) is 17.7 Å². The van der Waals surface area contributed by atoms with E-state index in [9.17, 15) is 8.42 Å². The van der Waals surface area contributed by atoms with E-state index in [1.165, 1.54) is 6.07 Å². The van der Waals surface area contributed by atoms with Crippen LogP contribution in [0, 0.1) is 0 Å². The quantitative estimate of drug-likeness (QED) is 0.793. The highest BCUT2D eigenvalue weighted by molar-refractivity contribution is 7.99. The summed E-state index contributed by atoms with van der Waals surface area (Å²) in [6, 6.07) is 4.75. The van der Waals surface area contributed by atoms with Crippen LogP contribution < -0.4 is 0 Å². The third kappa shape index (κ3) is 3.58. The lowest BCUT2D eigenvalue weighted by molar-refractivity contribution is 0.435. The molecule has 2 rings (SSSR count). The molecule has 0 bridgehead atoms. The van der Waals surface area contributed by atoms with Crippen LogP contribution in [-0.4, -0.2) is 37.3 Å². The van der Waals surface area contributed by atoms with E-state index in [1.807, 2.05) is 0 Å². The van der Waals surface area contributed by atoms with E-state index in [0.29, 0.717) is 18.1 Å². The summed E-state index contributed by atoms with van der Waals surface area (Å²) in [4.78, 5) is 0.248. The molecule has 1 heterocycles. The predicted molar refractivity (Wildman–Crippen MR) is 81.7 cm³/mol. The number of sulfonamides is 1. The summed E-state index contributed by atoms with van der Waals surface area (Å²) in [6.07, 6.45) is 0.886. The maximum Gasteiger partial charge on any atom is 0.243 e. The largest absolute Gasteiger partial charge is 0.243 e. The molecular formula is C12H15Cl2NO2S2. The minimum atomic E-state index is -3.44. The van der Waals surface area contributed by atoms with Crippen LogP contribution in [0.4, 0.5) is 0 Å². The van der Waals surface area contributed by atoms with Crippen LogP contribution in [-0.2, 0) is 15.9 Å². The molecule has 7 heteroatoms. The zero-order valence-corrected chi connectivity index (χ0v) is 13.5. The Balaban J connectivity index is 2.30. The smallest absolute Gasteiger partial charge is 0.207 e. The first-order chi connectivity index (χ1) is 9.05. The fourth-order valence-corrected chi connectivity index (χ4v) is 5.03. The molecule has 0 saturated carbocycles. The van der Waals surface area contributed by atoms with Crippen molar-refractivity contribution >= 4 is 45.0 Å². The Hall–Kier alpha value is 0.0600. The van der Waals surface area contributed by atoms with Crippen molar-refractivity contribution in [3.8, 4) is 0 Å². The van der Waals surface area contributed by atoms with Crippen molar-refractivity contribution in [3.63, 3.8) is 0 Å². The number of thioether (sulfide) groups is 1. The van der Waals surface area contributed by atoms with Gasteiger partial charge in [0.15, 0.2) is 0 Å². The monoisotopic (exact) mass is 339 g/mol. The second-order valence-electron chi connectivity index (χ2n) is 4.26. The molecule has 0 aromatic heterocycles. The molecule has 0 aliphatic carbocycles. The van der Waals surface area contributed by atoms with Crippen LogP contribution in [0.2, 0.25) is 5.02 Å². The van der Waals surface area contributed by atoms with Crippen LogP contribution >= 0.6 is 35.0 Å². The van der Waals surface area contributed by atoms with Gasteiger partial charge in [0.25, 0.3) is 0 Å². The maximum atomic E-state index is 12.5. The van der Waals surface area contributed by atoms with Crippen molar-refractivity contribution in [1.29, 1.82) is 0 Å². The van der Waals surface area contributed by atoms with E-state index in [0.717, 1.165) is 23.5 Å². The van der Waals surface area contributed by atoms with Gasteiger partial charge in [0, 0.05) is 29.7 Å². The zero-order valence-electron chi connectivity index (χ0n) is 10.3. The van der Waals surface area contributed by atoms with Gasteiger partial charge in [-0.15, -0.1) is 11.6 Å². The van der Waals surface area contributed by atoms with E-state index in [-0.39, 0.29) is 10.8 Å². The van der Waals surface area contributed by atoms with Gasteiger partial charge in [-0.2, -0.15) is 16.1 Å². The van der Waals surface area contributed by atoms with Gasteiger partial charge in [0.2, 0.25) is 10.0 Å². The number of rotatable bonds is 3. The van der Waals surface area contributed by atoms with Gasteiger partial charge in [0.1, 0.15) is 0 Å². The molecule has 0 atom stereocenters. The van der Waals surface area contributed by atoms with Crippen molar-refractivity contribution in [3.05, 3.63) is 28.8 Å². The lowest BCUT2D eigenvalue weighted by atomic mass is 10.2. The second-order valence-corrected chi connectivity index (χ2v) is 8.09. The highest BCUT2D eigenvalue weighted by atomic mass is 35.5. The average Bonchev–Trinajstić information content (AvgIpc) is 2.67. The van der Waals surface area contributed by atoms with E-state index in [1.54, 1.807) is 28.2 Å². The number of halogens is 2. The van der Waals surface area contributed by atoms with E-state index < -0.39 is 10.0 Å². The highest BCUT2D eigenvalue weighted by Gasteiger charge is 2.25. The van der Waals surface area contributed by atoms with Crippen molar-refractivity contribution in [1.82, 2.24) is 4.31 Å². The topological polar surface area (TPSA) is 37.4 Å². The standard InChI is InChI=1S/C12H15Cl2NO2S2/c13-9-10-2-3-11(8-12(10)14)19(16,17)15-4-1-6-18-7-5-15/h2-3,8H,1,4-7,9H2. The lowest BCUT2D eigenvalue weighted by Crippen LogP contribution is -2.33. The second kappa shape index (κ2) is 6.68. The number of hydrogen-bond acceptors (Lipinski definition) is 3. The van der Waals surface area contributed by atoms with Crippen LogP contribution in [0.3, 0.4) is 0 Å². The molecule has 1 aromatic carbocycles. The molecule has 0 amide bonds.